The van der Waals surface area contributed by atoms with Crippen LogP contribution in [0.5, 0.6) is 0 Å². The Balaban J connectivity index is 2.17. The molecule has 0 spiro atoms. The van der Waals surface area contributed by atoms with Crippen LogP contribution in [0.4, 0.5) is 8.78 Å². The summed E-state index contributed by atoms with van der Waals surface area (Å²) in [6.45, 7) is 5.66. The number of Topliss-reactive ketones (excluding diaryl/α,β-unsaturated/α-hetero) is 1. The molecule has 0 saturated heterocycles. The summed E-state index contributed by atoms with van der Waals surface area (Å²) >= 11 is 1.10. The second kappa shape index (κ2) is 6.39. The van der Waals surface area contributed by atoms with E-state index in [1.165, 1.54) is 12.1 Å². The molecular formula is C17H16F2OS. The molecule has 0 bridgehead atoms. The molecule has 0 heterocycles. The molecule has 110 valence electrons. The molecule has 2 aromatic carbocycles. The summed E-state index contributed by atoms with van der Waals surface area (Å²) in [5, 5.41) is -0.438. The molecule has 1 atom stereocenters. The predicted octanol–water partition coefficient (Wildman–Crippen LogP) is 4.95. The zero-order valence-electron chi connectivity index (χ0n) is 12.1. The molecule has 0 N–H and O–H groups in total. The molecule has 0 radical (unpaired) electrons. The zero-order chi connectivity index (χ0) is 15.6. The number of carbonyl (C=O) groups excluding carboxylic acids is 1. The van der Waals surface area contributed by atoms with E-state index < -0.39 is 16.9 Å². The van der Waals surface area contributed by atoms with Crippen molar-refractivity contribution < 1.29 is 13.6 Å². The van der Waals surface area contributed by atoms with Crippen LogP contribution in [0.2, 0.25) is 0 Å². The van der Waals surface area contributed by atoms with Crippen molar-refractivity contribution in [2.75, 3.05) is 0 Å². The molecule has 1 unspecified atom stereocenters. The lowest BCUT2D eigenvalue weighted by atomic mass is 10.0. The number of thioether (sulfide) groups is 1. The van der Waals surface area contributed by atoms with Crippen LogP contribution in [0.25, 0.3) is 0 Å². The van der Waals surface area contributed by atoms with Gasteiger partial charge in [0, 0.05) is 16.5 Å². The standard InChI is InChI=1S/C17H16F2OS/c1-10-4-5-13(8-11(10)2)17(20)12(3)21-16-7-6-14(18)9-15(16)19/h4-9,12H,1-3H3. The van der Waals surface area contributed by atoms with Crippen molar-refractivity contribution in [2.45, 2.75) is 30.9 Å². The van der Waals surface area contributed by atoms with Crippen molar-refractivity contribution in [3.8, 4) is 0 Å². The van der Waals surface area contributed by atoms with Gasteiger partial charge in [0.1, 0.15) is 11.6 Å². The van der Waals surface area contributed by atoms with Crippen LogP contribution in [0.1, 0.15) is 28.4 Å². The van der Waals surface area contributed by atoms with Crippen LogP contribution in [-0.4, -0.2) is 11.0 Å². The fourth-order valence-electron chi connectivity index (χ4n) is 1.94. The minimum Gasteiger partial charge on any atom is -0.293 e. The monoisotopic (exact) mass is 306 g/mol. The van der Waals surface area contributed by atoms with Crippen LogP contribution in [0.3, 0.4) is 0 Å². The first-order valence-electron chi connectivity index (χ1n) is 6.61. The van der Waals surface area contributed by atoms with Gasteiger partial charge in [0.2, 0.25) is 0 Å². The van der Waals surface area contributed by atoms with Gasteiger partial charge in [0.05, 0.1) is 5.25 Å². The van der Waals surface area contributed by atoms with Crippen LogP contribution in [0, 0.1) is 25.5 Å². The third kappa shape index (κ3) is 3.70. The Morgan fingerprint density at radius 3 is 2.38 bits per heavy atom. The zero-order valence-corrected chi connectivity index (χ0v) is 12.9. The van der Waals surface area contributed by atoms with E-state index in [1.807, 2.05) is 26.0 Å². The Labute approximate surface area is 127 Å². The third-order valence-corrected chi connectivity index (χ3v) is 4.51. The number of aryl methyl sites for hydroxylation is 2. The number of benzene rings is 2. The highest BCUT2D eigenvalue weighted by molar-refractivity contribution is 8.00. The summed E-state index contributed by atoms with van der Waals surface area (Å²) in [7, 11) is 0. The SMILES string of the molecule is Cc1ccc(C(=O)C(C)Sc2ccc(F)cc2F)cc1C. The van der Waals surface area contributed by atoms with Gasteiger partial charge < -0.3 is 0 Å². The molecule has 0 amide bonds. The molecule has 2 aromatic rings. The van der Waals surface area contributed by atoms with E-state index in [0.717, 1.165) is 29.0 Å². The average Bonchev–Trinajstić information content (AvgIpc) is 2.44. The van der Waals surface area contributed by atoms with E-state index in [1.54, 1.807) is 13.0 Å². The van der Waals surface area contributed by atoms with Gasteiger partial charge in [0.25, 0.3) is 0 Å². The molecular weight excluding hydrogens is 290 g/mol. The molecule has 2 rings (SSSR count). The van der Waals surface area contributed by atoms with E-state index in [0.29, 0.717) is 5.56 Å². The van der Waals surface area contributed by atoms with Crippen LogP contribution in [0.15, 0.2) is 41.3 Å². The Hall–Kier alpha value is -1.68. The van der Waals surface area contributed by atoms with Gasteiger partial charge in [-0.15, -0.1) is 11.8 Å². The first kappa shape index (κ1) is 15.7. The minimum atomic E-state index is -0.639. The third-order valence-electron chi connectivity index (χ3n) is 3.36. The molecule has 0 fully saturated rings. The predicted molar refractivity (Wildman–Crippen MR) is 81.9 cm³/mol. The van der Waals surface area contributed by atoms with Crippen LogP contribution in [-0.2, 0) is 0 Å². The molecule has 0 aliphatic carbocycles. The smallest absolute Gasteiger partial charge is 0.175 e. The van der Waals surface area contributed by atoms with E-state index >= 15 is 0 Å². The molecule has 1 nitrogen and oxygen atoms in total. The lowest BCUT2D eigenvalue weighted by Crippen LogP contribution is -2.14. The first-order valence-corrected chi connectivity index (χ1v) is 7.49. The Kier molecular flexibility index (Phi) is 4.78. The summed E-state index contributed by atoms with van der Waals surface area (Å²) in [5.74, 6) is -1.32. The van der Waals surface area contributed by atoms with Gasteiger partial charge in [-0.3, -0.25) is 4.79 Å². The maximum Gasteiger partial charge on any atom is 0.175 e. The van der Waals surface area contributed by atoms with Crippen molar-refractivity contribution in [3.05, 3.63) is 64.7 Å². The summed E-state index contributed by atoms with van der Waals surface area (Å²) in [5.41, 5.74) is 2.78. The molecule has 0 aliphatic rings. The minimum absolute atomic E-state index is 0.0631. The maximum absolute atomic E-state index is 13.6. The summed E-state index contributed by atoms with van der Waals surface area (Å²) < 4.78 is 26.5. The van der Waals surface area contributed by atoms with Crippen LogP contribution >= 0.6 is 11.8 Å². The Morgan fingerprint density at radius 2 is 1.76 bits per heavy atom. The Morgan fingerprint density at radius 1 is 1.05 bits per heavy atom. The topological polar surface area (TPSA) is 17.1 Å². The summed E-state index contributed by atoms with van der Waals surface area (Å²) in [6.07, 6.45) is 0. The normalized spacial score (nSPS) is 12.2. The number of ketones is 1. The number of carbonyl (C=O) groups is 1. The molecule has 4 heteroatoms. The summed E-state index contributed by atoms with van der Waals surface area (Å²) in [6, 6.07) is 8.91. The van der Waals surface area contributed by atoms with Crippen LogP contribution < -0.4 is 0 Å². The van der Waals surface area contributed by atoms with Gasteiger partial charge in [-0.1, -0.05) is 12.1 Å². The first-order chi connectivity index (χ1) is 9.88. The van der Waals surface area contributed by atoms with Crippen molar-refractivity contribution in [1.29, 1.82) is 0 Å². The maximum atomic E-state index is 13.6. The number of hydrogen-bond acceptors (Lipinski definition) is 2. The Bertz CT molecular complexity index is 682. The van der Waals surface area contributed by atoms with Gasteiger partial charge in [-0.25, -0.2) is 8.78 Å². The van der Waals surface area contributed by atoms with Crippen molar-refractivity contribution in [1.82, 2.24) is 0 Å². The average molecular weight is 306 g/mol. The van der Waals surface area contributed by atoms with Gasteiger partial charge >= 0.3 is 0 Å². The quantitative estimate of drug-likeness (QED) is 0.587. The van der Waals surface area contributed by atoms with E-state index in [9.17, 15) is 13.6 Å². The lowest BCUT2D eigenvalue weighted by Gasteiger charge is -2.12. The second-order valence-corrected chi connectivity index (χ2v) is 6.38. The largest absolute Gasteiger partial charge is 0.293 e. The van der Waals surface area contributed by atoms with Crippen molar-refractivity contribution >= 4 is 17.5 Å². The molecule has 21 heavy (non-hydrogen) atoms. The molecule has 0 aliphatic heterocycles. The molecule has 0 aromatic heterocycles. The van der Waals surface area contributed by atoms with Gasteiger partial charge in [-0.05, 0) is 50.1 Å². The number of halogens is 2. The fraction of sp³-hybridized carbons (Fsp3) is 0.235. The lowest BCUT2D eigenvalue weighted by molar-refractivity contribution is 0.0994. The highest BCUT2D eigenvalue weighted by Gasteiger charge is 2.18. The highest BCUT2D eigenvalue weighted by Crippen LogP contribution is 2.28. The van der Waals surface area contributed by atoms with Gasteiger partial charge in [-0.2, -0.15) is 0 Å². The highest BCUT2D eigenvalue weighted by atomic mass is 32.2. The fourth-order valence-corrected chi connectivity index (χ4v) is 2.89. The molecule has 0 saturated carbocycles. The summed E-state index contributed by atoms with van der Waals surface area (Å²) in [4.78, 5) is 12.7. The number of hydrogen-bond donors (Lipinski definition) is 0. The van der Waals surface area contributed by atoms with Crippen molar-refractivity contribution in [2.24, 2.45) is 0 Å². The van der Waals surface area contributed by atoms with E-state index in [2.05, 4.69) is 0 Å². The second-order valence-electron chi connectivity index (χ2n) is 5.00. The number of rotatable bonds is 4. The van der Waals surface area contributed by atoms with Crippen molar-refractivity contribution in [3.63, 3.8) is 0 Å². The van der Waals surface area contributed by atoms with E-state index in [4.69, 9.17) is 0 Å². The van der Waals surface area contributed by atoms with Gasteiger partial charge in [0.15, 0.2) is 5.78 Å². The van der Waals surface area contributed by atoms with E-state index in [-0.39, 0.29) is 10.7 Å².